The second-order valence-electron chi connectivity index (χ2n) is 5.83. The number of nitrogens with zero attached hydrogens (tertiary/aromatic N) is 2. The van der Waals surface area contributed by atoms with E-state index >= 15 is 0 Å². The van der Waals surface area contributed by atoms with Crippen LogP contribution < -0.4 is 5.73 Å². The number of sulfonamides is 1. The van der Waals surface area contributed by atoms with Crippen molar-refractivity contribution in [2.45, 2.75) is 37.6 Å². The zero-order valence-electron chi connectivity index (χ0n) is 12.7. The predicted molar refractivity (Wildman–Crippen MR) is 83.0 cm³/mol. The Labute approximate surface area is 130 Å². The van der Waals surface area contributed by atoms with E-state index in [2.05, 4.69) is 0 Å². The molecule has 1 aromatic carbocycles. The van der Waals surface area contributed by atoms with Gasteiger partial charge < -0.3 is 5.73 Å². The molecule has 0 aliphatic carbocycles. The van der Waals surface area contributed by atoms with Gasteiger partial charge in [0.05, 0.1) is 9.82 Å². The number of rotatable bonds is 4. The van der Waals surface area contributed by atoms with Crippen LogP contribution in [0.4, 0.5) is 5.69 Å². The van der Waals surface area contributed by atoms with Crippen molar-refractivity contribution in [3.05, 3.63) is 33.9 Å². The van der Waals surface area contributed by atoms with Crippen molar-refractivity contribution in [2.24, 2.45) is 11.7 Å². The van der Waals surface area contributed by atoms with Gasteiger partial charge in [0.25, 0.3) is 5.69 Å². The van der Waals surface area contributed by atoms with Crippen LogP contribution in [-0.4, -0.2) is 36.8 Å². The molecule has 0 radical (unpaired) electrons. The molecule has 2 rings (SSSR count). The largest absolute Gasteiger partial charge is 0.328 e. The van der Waals surface area contributed by atoms with Crippen molar-refractivity contribution >= 4 is 15.7 Å². The fourth-order valence-electron chi connectivity index (χ4n) is 2.76. The molecule has 1 aliphatic rings. The molecule has 1 fully saturated rings. The Hall–Kier alpha value is -1.51. The van der Waals surface area contributed by atoms with Crippen LogP contribution in [0.2, 0.25) is 0 Å². The maximum absolute atomic E-state index is 12.7. The van der Waals surface area contributed by atoms with Gasteiger partial charge in [-0.05, 0) is 44.7 Å². The lowest BCUT2D eigenvalue weighted by Gasteiger charge is -2.33. The summed E-state index contributed by atoms with van der Waals surface area (Å²) in [6.45, 7) is 4.28. The average Bonchev–Trinajstić information content (AvgIpc) is 2.46. The lowest BCUT2D eigenvalue weighted by atomic mass is 9.93. The van der Waals surface area contributed by atoms with Gasteiger partial charge in [-0.15, -0.1) is 0 Å². The van der Waals surface area contributed by atoms with Crippen molar-refractivity contribution in [2.75, 3.05) is 13.1 Å². The van der Waals surface area contributed by atoms with Gasteiger partial charge in [-0.3, -0.25) is 10.1 Å². The number of nitro groups is 1. The van der Waals surface area contributed by atoms with Crippen molar-refractivity contribution in [3.8, 4) is 0 Å². The van der Waals surface area contributed by atoms with Crippen molar-refractivity contribution < 1.29 is 13.3 Å². The van der Waals surface area contributed by atoms with Gasteiger partial charge in [0.15, 0.2) is 0 Å². The van der Waals surface area contributed by atoms with Crippen LogP contribution in [0.3, 0.4) is 0 Å². The lowest BCUT2D eigenvalue weighted by molar-refractivity contribution is -0.385. The Kier molecular flexibility index (Phi) is 4.84. The summed E-state index contributed by atoms with van der Waals surface area (Å²) in [6, 6.07) is 3.85. The van der Waals surface area contributed by atoms with E-state index in [4.69, 9.17) is 5.73 Å². The molecular formula is C14H21N3O4S. The highest BCUT2D eigenvalue weighted by Crippen LogP contribution is 2.27. The van der Waals surface area contributed by atoms with Crippen LogP contribution in [0.1, 0.15) is 25.3 Å². The van der Waals surface area contributed by atoms with Crippen LogP contribution in [-0.2, 0) is 10.0 Å². The third kappa shape index (κ3) is 3.29. The summed E-state index contributed by atoms with van der Waals surface area (Å²) in [6.07, 6.45) is 1.69. The van der Waals surface area contributed by atoms with Gasteiger partial charge in [0.1, 0.15) is 0 Å². The molecule has 7 nitrogen and oxygen atoms in total. The number of nitrogens with two attached hydrogens (primary N) is 1. The summed E-state index contributed by atoms with van der Waals surface area (Å²) < 4.78 is 26.8. The summed E-state index contributed by atoms with van der Waals surface area (Å²) in [5, 5.41) is 10.8. The first kappa shape index (κ1) is 16.9. The third-order valence-electron chi connectivity index (χ3n) is 4.17. The summed E-state index contributed by atoms with van der Waals surface area (Å²) in [4.78, 5) is 10.4. The molecule has 1 heterocycles. The molecular weight excluding hydrogens is 306 g/mol. The Morgan fingerprint density at radius 1 is 1.45 bits per heavy atom. The van der Waals surface area contributed by atoms with E-state index in [1.807, 2.05) is 6.92 Å². The minimum absolute atomic E-state index is 0.0587. The highest BCUT2D eigenvalue weighted by molar-refractivity contribution is 7.89. The highest BCUT2D eigenvalue weighted by atomic mass is 32.2. The van der Waals surface area contributed by atoms with Crippen molar-refractivity contribution in [1.29, 1.82) is 0 Å². The van der Waals surface area contributed by atoms with E-state index in [9.17, 15) is 18.5 Å². The van der Waals surface area contributed by atoms with Crippen molar-refractivity contribution in [1.82, 2.24) is 4.31 Å². The Morgan fingerprint density at radius 3 is 2.68 bits per heavy atom. The maximum atomic E-state index is 12.7. The van der Waals surface area contributed by atoms with E-state index in [0.29, 0.717) is 18.7 Å². The molecule has 2 atom stereocenters. The van der Waals surface area contributed by atoms with E-state index in [0.717, 1.165) is 12.8 Å². The molecule has 1 aromatic rings. The van der Waals surface area contributed by atoms with E-state index in [1.165, 1.54) is 29.4 Å². The molecule has 1 saturated heterocycles. The number of benzene rings is 1. The van der Waals surface area contributed by atoms with Gasteiger partial charge in [0, 0.05) is 30.8 Å². The van der Waals surface area contributed by atoms with Gasteiger partial charge in [0.2, 0.25) is 10.0 Å². The molecule has 0 amide bonds. The summed E-state index contributed by atoms with van der Waals surface area (Å²) >= 11 is 0. The monoisotopic (exact) mass is 327 g/mol. The summed E-state index contributed by atoms with van der Waals surface area (Å²) in [7, 11) is -3.64. The zero-order chi connectivity index (χ0) is 16.5. The Balaban J connectivity index is 2.30. The molecule has 1 aliphatic heterocycles. The third-order valence-corrected chi connectivity index (χ3v) is 6.03. The first-order valence-electron chi connectivity index (χ1n) is 7.24. The lowest BCUT2D eigenvalue weighted by Crippen LogP contribution is -2.44. The molecule has 0 aromatic heterocycles. The molecule has 8 heteroatoms. The van der Waals surface area contributed by atoms with Gasteiger partial charge in [-0.25, -0.2) is 8.42 Å². The maximum Gasteiger partial charge on any atom is 0.272 e. The van der Waals surface area contributed by atoms with Crippen LogP contribution in [0.5, 0.6) is 0 Å². The van der Waals surface area contributed by atoms with Crippen LogP contribution in [0.25, 0.3) is 0 Å². The van der Waals surface area contributed by atoms with Crippen LogP contribution in [0, 0.1) is 23.0 Å². The van der Waals surface area contributed by atoms with Crippen LogP contribution in [0.15, 0.2) is 23.1 Å². The van der Waals surface area contributed by atoms with Crippen molar-refractivity contribution in [3.63, 3.8) is 0 Å². The fraction of sp³-hybridized carbons (Fsp3) is 0.571. The quantitative estimate of drug-likeness (QED) is 0.668. The normalized spacial score (nSPS) is 21.5. The first-order chi connectivity index (χ1) is 10.2. The number of aryl methyl sites for hydroxylation is 1. The molecule has 0 bridgehead atoms. The first-order valence-corrected chi connectivity index (χ1v) is 8.68. The molecule has 2 N–H and O–H groups in total. The van der Waals surface area contributed by atoms with Gasteiger partial charge >= 0.3 is 0 Å². The topological polar surface area (TPSA) is 107 Å². The summed E-state index contributed by atoms with van der Waals surface area (Å²) in [5.41, 5.74) is 6.15. The zero-order valence-corrected chi connectivity index (χ0v) is 13.5. The minimum atomic E-state index is -3.64. The number of piperidine rings is 1. The fourth-order valence-corrected chi connectivity index (χ4v) is 4.38. The average molecular weight is 327 g/mol. The SMILES string of the molecule is Cc1cc(S(=O)(=O)N2CCCC(C(C)N)C2)ccc1[N+](=O)[O-]. The standard InChI is InChI=1S/C14H21N3O4S/c1-10-8-13(5-6-14(10)17(18)19)22(20,21)16-7-3-4-12(9-16)11(2)15/h5-6,8,11-12H,3-4,7,9,15H2,1-2H3. The smallest absolute Gasteiger partial charge is 0.272 e. The highest BCUT2D eigenvalue weighted by Gasteiger charge is 2.32. The number of nitro benzene ring substituents is 1. The second kappa shape index (κ2) is 6.31. The predicted octanol–water partition coefficient (Wildman–Crippen LogP) is 1.65. The van der Waals surface area contributed by atoms with E-state index in [-0.39, 0.29) is 22.5 Å². The van der Waals surface area contributed by atoms with Gasteiger partial charge in [-0.2, -0.15) is 4.31 Å². The van der Waals surface area contributed by atoms with Crippen LogP contribution >= 0.6 is 0 Å². The number of hydrogen-bond donors (Lipinski definition) is 1. The Morgan fingerprint density at radius 2 is 2.14 bits per heavy atom. The minimum Gasteiger partial charge on any atom is -0.328 e. The molecule has 2 unspecified atom stereocenters. The second-order valence-corrected chi connectivity index (χ2v) is 7.77. The van der Waals surface area contributed by atoms with Gasteiger partial charge in [-0.1, -0.05) is 0 Å². The molecule has 0 spiro atoms. The molecule has 0 saturated carbocycles. The Bertz CT molecular complexity index is 673. The summed E-state index contributed by atoms with van der Waals surface area (Å²) in [5.74, 6) is 0.141. The number of hydrogen-bond acceptors (Lipinski definition) is 5. The molecule has 122 valence electrons. The molecule has 22 heavy (non-hydrogen) atoms. The van der Waals surface area contributed by atoms with E-state index in [1.54, 1.807) is 0 Å². The van der Waals surface area contributed by atoms with E-state index < -0.39 is 14.9 Å².